The van der Waals surface area contributed by atoms with E-state index in [1.165, 1.54) is 20.4 Å². The number of hydrogen-bond donors (Lipinski definition) is 0. The normalized spacial score (nSPS) is 21.6. The molecule has 0 spiro atoms. The lowest BCUT2D eigenvalue weighted by atomic mass is 9.99. The van der Waals surface area contributed by atoms with E-state index < -0.39 is 5.97 Å². The van der Waals surface area contributed by atoms with Crippen molar-refractivity contribution < 1.29 is 19.1 Å². The Morgan fingerprint density at radius 3 is 2.70 bits per heavy atom. The molecule has 20 heavy (non-hydrogen) atoms. The first-order chi connectivity index (χ1) is 9.56. The van der Waals surface area contributed by atoms with Crippen LogP contribution in [0.3, 0.4) is 0 Å². The molecule has 2 rings (SSSR count). The lowest BCUT2D eigenvalue weighted by molar-refractivity contribution is -0.145. The predicted molar refractivity (Wildman–Crippen MR) is 70.3 cm³/mol. The van der Waals surface area contributed by atoms with E-state index in [0.717, 1.165) is 0 Å². The highest BCUT2D eigenvalue weighted by atomic mass is 16.5. The van der Waals surface area contributed by atoms with E-state index in [-0.39, 0.29) is 23.6 Å². The molecule has 0 aliphatic carbocycles. The second kappa shape index (κ2) is 5.85. The van der Waals surface area contributed by atoms with E-state index in [1.807, 2.05) is 11.8 Å². The van der Waals surface area contributed by atoms with Crippen molar-refractivity contribution in [1.29, 1.82) is 0 Å². The second-order valence-electron chi connectivity index (χ2n) is 4.74. The van der Waals surface area contributed by atoms with Gasteiger partial charge in [-0.3, -0.25) is 4.79 Å². The lowest BCUT2D eigenvalue weighted by Gasteiger charge is -2.17. The largest absolute Gasteiger partial charge is 0.469 e. The van der Waals surface area contributed by atoms with Crippen LogP contribution in [0.5, 0.6) is 0 Å². The highest BCUT2D eigenvalue weighted by molar-refractivity contribution is 5.85. The van der Waals surface area contributed by atoms with Crippen LogP contribution in [-0.4, -0.2) is 49.2 Å². The quantitative estimate of drug-likeness (QED) is 0.745. The standard InChI is InChI=1S/C13H17N3O4/c1-8-6-16(7-9(8)12(17)19-2)10-4-5-14-11(15-10)13(18)20-3/h4-5,8-9H,6-7H2,1-3H3. The van der Waals surface area contributed by atoms with Crippen LogP contribution in [0.1, 0.15) is 17.5 Å². The van der Waals surface area contributed by atoms with Crippen molar-refractivity contribution in [2.24, 2.45) is 11.8 Å². The van der Waals surface area contributed by atoms with Gasteiger partial charge in [-0.1, -0.05) is 6.92 Å². The SMILES string of the molecule is COC(=O)c1nccc(N2CC(C)C(C(=O)OC)C2)n1. The van der Waals surface area contributed by atoms with E-state index >= 15 is 0 Å². The summed E-state index contributed by atoms with van der Waals surface area (Å²) in [6, 6.07) is 1.71. The minimum atomic E-state index is -0.580. The van der Waals surface area contributed by atoms with Crippen molar-refractivity contribution >= 4 is 17.8 Å². The van der Waals surface area contributed by atoms with Crippen molar-refractivity contribution in [3.05, 3.63) is 18.1 Å². The number of anilines is 1. The Kier molecular flexibility index (Phi) is 4.16. The van der Waals surface area contributed by atoms with Gasteiger partial charge in [0.25, 0.3) is 0 Å². The Balaban J connectivity index is 2.17. The number of hydrogen-bond acceptors (Lipinski definition) is 7. The third-order valence-corrected chi connectivity index (χ3v) is 3.45. The number of ether oxygens (including phenoxy) is 2. The van der Waals surface area contributed by atoms with Crippen LogP contribution in [0.2, 0.25) is 0 Å². The summed E-state index contributed by atoms with van der Waals surface area (Å²) in [5.41, 5.74) is 0. The first-order valence-corrected chi connectivity index (χ1v) is 6.31. The smallest absolute Gasteiger partial charge is 0.376 e. The molecule has 0 radical (unpaired) electrons. The van der Waals surface area contributed by atoms with Crippen molar-refractivity contribution in [2.45, 2.75) is 6.92 Å². The lowest BCUT2D eigenvalue weighted by Crippen LogP contribution is -2.25. The highest BCUT2D eigenvalue weighted by Gasteiger charge is 2.36. The molecule has 0 amide bonds. The van der Waals surface area contributed by atoms with Crippen molar-refractivity contribution in [3.8, 4) is 0 Å². The van der Waals surface area contributed by atoms with Gasteiger partial charge in [-0.15, -0.1) is 0 Å². The van der Waals surface area contributed by atoms with Crippen LogP contribution in [0.15, 0.2) is 12.3 Å². The Bertz CT molecular complexity index is 520. The van der Waals surface area contributed by atoms with Crippen molar-refractivity contribution in [1.82, 2.24) is 9.97 Å². The Hall–Kier alpha value is -2.18. The molecule has 0 aromatic carbocycles. The zero-order valence-corrected chi connectivity index (χ0v) is 11.7. The molecule has 0 saturated carbocycles. The van der Waals surface area contributed by atoms with Gasteiger partial charge < -0.3 is 14.4 Å². The summed E-state index contributed by atoms with van der Waals surface area (Å²) in [6.45, 7) is 3.19. The van der Waals surface area contributed by atoms with Gasteiger partial charge >= 0.3 is 11.9 Å². The first kappa shape index (κ1) is 14.2. The van der Waals surface area contributed by atoms with Crippen molar-refractivity contribution in [2.75, 3.05) is 32.2 Å². The summed E-state index contributed by atoms with van der Waals surface area (Å²) in [5.74, 6) is -0.195. The zero-order chi connectivity index (χ0) is 14.7. The number of carbonyl (C=O) groups is 2. The van der Waals surface area contributed by atoms with E-state index in [0.29, 0.717) is 18.9 Å². The molecule has 1 aliphatic rings. The molecule has 1 aromatic rings. The zero-order valence-electron chi connectivity index (χ0n) is 11.7. The van der Waals surface area contributed by atoms with Gasteiger partial charge in [-0.2, -0.15) is 0 Å². The second-order valence-corrected chi connectivity index (χ2v) is 4.74. The molecule has 0 bridgehead atoms. The van der Waals surface area contributed by atoms with Gasteiger partial charge in [0, 0.05) is 19.3 Å². The van der Waals surface area contributed by atoms with Gasteiger partial charge in [0.15, 0.2) is 0 Å². The Morgan fingerprint density at radius 2 is 2.05 bits per heavy atom. The number of methoxy groups -OCH3 is 2. The number of carbonyl (C=O) groups excluding carboxylic acids is 2. The fraction of sp³-hybridized carbons (Fsp3) is 0.538. The van der Waals surface area contributed by atoms with Gasteiger partial charge in [0.05, 0.1) is 20.1 Å². The molecule has 0 N–H and O–H groups in total. The molecular formula is C13H17N3O4. The molecule has 1 saturated heterocycles. The van der Waals surface area contributed by atoms with E-state index in [2.05, 4.69) is 14.7 Å². The maximum absolute atomic E-state index is 11.7. The third kappa shape index (κ3) is 2.71. The molecule has 2 unspecified atom stereocenters. The third-order valence-electron chi connectivity index (χ3n) is 3.45. The van der Waals surface area contributed by atoms with Gasteiger partial charge in [0.2, 0.25) is 5.82 Å². The van der Waals surface area contributed by atoms with Gasteiger partial charge in [0.1, 0.15) is 5.82 Å². The van der Waals surface area contributed by atoms with Crippen LogP contribution in [0, 0.1) is 11.8 Å². The summed E-state index contributed by atoms with van der Waals surface area (Å²) >= 11 is 0. The van der Waals surface area contributed by atoms with Crippen LogP contribution in [-0.2, 0) is 14.3 Å². The highest BCUT2D eigenvalue weighted by Crippen LogP contribution is 2.27. The van der Waals surface area contributed by atoms with Crippen LogP contribution in [0.25, 0.3) is 0 Å². The average Bonchev–Trinajstić information content (AvgIpc) is 2.87. The maximum atomic E-state index is 11.7. The van der Waals surface area contributed by atoms with Crippen LogP contribution < -0.4 is 4.90 Å². The minimum absolute atomic E-state index is 0.0131. The summed E-state index contributed by atoms with van der Waals surface area (Å²) in [6.07, 6.45) is 1.50. The fourth-order valence-electron chi connectivity index (χ4n) is 2.33. The molecule has 1 fully saturated rings. The van der Waals surface area contributed by atoms with Crippen LogP contribution in [0.4, 0.5) is 5.82 Å². The monoisotopic (exact) mass is 279 g/mol. The van der Waals surface area contributed by atoms with Crippen LogP contribution >= 0.6 is 0 Å². The molecule has 7 heteroatoms. The molecule has 7 nitrogen and oxygen atoms in total. The van der Waals surface area contributed by atoms with E-state index in [4.69, 9.17) is 4.74 Å². The summed E-state index contributed by atoms with van der Waals surface area (Å²) in [4.78, 5) is 33.1. The summed E-state index contributed by atoms with van der Waals surface area (Å²) in [5, 5.41) is 0. The first-order valence-electron chi connectivity index (χ1n) is 6.31. The number of nitrogens with zero attached hydrogens (tertiary/aromatic N) is 3. The van der Waals surface area contributed by atoms with E-state index in [1.54, 1.807) is 6.07 Å². The summed E-state index contributed by atoms with van der Waals surface area (Å²) in [7, 11) is 2.67. The molecule has 1 aromatic heterocycles. The maximum Gasteiger partial charge on any atom is 0.376 e. The minimum Gasteiger partial charge on any atom is -0.469 e. The molecule has 2 atom stereocenters. The summed E-state index contributed by atoms with van der Waals surface area (Å²) < 4.78 is 9.39. The molecular weight excluding hydrogens is 262 g/mol. The molecule has 1 aliphatic heterocycles. The predicted octanol–water partition coefficient (Wildman–Crippen LogP) is 0.508. The fourth-order valence-corrected chi connectivity index (χ4v) is 2.33. The van der Waals surface area contributed by atoms with Gasteiger partial charge in [-0.05, 0) is 12.0 Å². The molecule has 2 heterocycles. The number of aromatic nitrogens is 2. The Labute approximate surface area is 116 Å². The topological polar surface area (TPSA) is 81.6 Å². The number of esters is 2. The average molecular weight is 279 g/mol. The Morgan fingerprint density at radius 1 is 1.30 bits per heavy atom. The molecule has 108 valence electrons. The van der Waals surface area contributed by atoms with Crippen molar-refractivity contribution in [3.63, 3.8) is 0 Å². The van der Waals surface area contributed by atoms with E-state index in [9.17, 15) is 9.59 Å². The van der Waals surface area contributed by atoms with Gasteiger partial charge in [-0.25, -0.2) is 14.8 Å². The number of rotatable bonds is 3.